The zero-order valence-electron chi connectivity index (χ0n) is 21.1. The summed E-state index contributed by atoms with van der Waals surface area (Å²) in [6.45, 7) is -0.279. The van der Waals surface area contributed by atoms with E-state index in [9.17, 15) is 14.4 Å². The molecule has 0 aromatic heterocycles. The number of nitrogens with one attached hydrogen (secondary N) is 2. The van der Waals surface area contributed by atoms with Crippen molar-refractivity contribution < 1.29 is 28.6 Å². The molecule has 0 fully saturated rings. The van der Waals surface area contributed by atoms with E-state index in [2.05, 4.69) is 31.8 Å². The number of methoxy groups -OCH3 is 2. The molecular formula is C29H24BrN3O6. The third-order valence-electron chi connectivity index (χ3n) is 5.63. The van der Waals surface area contributed by atoms with Gasteiger partial charge in [0.25, 0.3) is 11.8 Å². The van der Waals surface area contributed by atoms with Gasteiger partial charge in [-0.1, -0.05) is 52.3 Å². The van der Waals surface area contributed by atoms with E-state index in [1.54, 1.807) is 42.5 Å². The summed E-state index contributed by atoms with van der Waals surface area (Å²) in [6.07, 6.45) is 1.34. The molecule has 39 heavy (non-hydrogen) atoms. The summed E-state index contributed by atoms with van der Waals surface area (Å²) in [5.74, 6) is -0.427. The van der Waals surface area contributed by atoms with Crippen LogP contribution >= 0.6 is 15.9 Å². The molecule has 0 heterocycles. The molecule has 0 aliphatic heterocycles. The quantitative estimate of drug-likeness (QED) is 0.126. The van der Waals surface area contributed by atoms with E-state index in [0.29, 0.717) is 27.1 Å². The summed E-state index contributed by atoms with van der Waals surface area (Å²) in [7, 11) is 2.97. The lowest BCUT2D eigenvalue weighted by Crippen LogP contribution is -2.35. The molecular weight excluding hydrogens is 566 g/mol. The first-order valence-electron chi connectivity index (χ1n) is 11.7. The molecule has 0 aliphatic carbocycles. The third-order valence-corrected chi connectivity index (χ3v) is 6.12. The minimum atomic E-state index is -0.617. The van der Waals surface area contributed by atoms with Gasteiger partial charge in [-0.3, -0.25) is 9.59 Å². The van der Waals surface area contributed by atoms with Gasteiger partial charge in [0.15, 0.2) is 11.5 Å². The highest BCUT2D eigenvalue weighted by Gasteiger charge is 2.15. The van der Waals surface area contributed by atoms with E-state index in [1.165, 1.54) is 26.5 Å². The number of nitrogens with zero attached hydrogens (tertiary/aromatic N) is 1. The molecule has 0 bridgehead atoms. The molecule has 4 aromatic rings. The van der Waals surface area contributed by atoms with Crippen molar-refractivity contribution in [3.05, 3.63) is 100 Å². The van der Waals surface area contributed by atoms with Gasteiger partial charge < -0.3 is 19.5 Å². The first-order valence-corrected chi connectivity index (χ1v) is 12.5. The average Bonchev–Trinajstić information content (AvgIpc) is 2.96. The van der Waals surface area contributed by atoms with Crippen molar-refractivity contribution >= 4 is 50.7 Å². The van der Waals surface area contributed by atoms with E-state index in [4.69, 9.17) is 14.2 Å². The number of ether oxygens (including phenoxy) is 3. The van der Waals surface area contributed by atoms with Crippen molar-refractivity contribution in [3.63, 3.8) is 0 Å². The largest absolute Gasteiger partial charge is 0.493 e. The summed E-state index contributed by atoms with van der Waals surface area (Å²) in [4.78, 5) is 37.7. The van der Waals surface area contributed by atoms with Crippen LogP contribution in [0.25, 0.3) is 10.8 Å². The van der Waals surface area contributed by atoms with Crippen molar-refractivity contribution in [2.45, 2.75) is 0 Å². The van der Waals surface area contributed by atoms with E-state index in [-0.39, 0.29) is 23.8 Å². The van der Waals surface area contributed by atoms with Gasteiger partial charge in [-0.05, 0) is 53.2 Å². The zero-order chi connectivity index (χ0) is 27.8. The minimum Gasteiger partial charge on any atom is -0.493 e. The number of hydrogen-bond acceptors (Lipinski definition) is 7. The fourth-order valence-corrected chi connectivity index (χ4v) is 4.11. The molecule has 4 rings (SSSR count). The lowest BCUT2D eigenvalue weighted by Gasteiger charge is -2.11. The summed E-state index contributed by atoms with van der Waals surface area (Å²) < 4.78 is 16.7. The number of amides is 2. The summed E-state index contributed by atoms with van der Waals surface area (Å²) in [5, 5.41) is 8.27. The van der Waals surface area contributed by atoms with Crippen LogP contribution in [0.3, 0.4) is 0 Å². The monoisotopic (exact) mass is 589 g/mol. The first kappa shape index (κ1) is 27.3. The van der Waals surface area contributed by atoms with Gasteiger partial charge >= 0.3 is 5.97 Å². The smallest absolute Gasteiger partial charge is 0.343 e. The Bertz CT molecular complexity index is 1560. The predicted molar refractivity (Wildman–Crippen MR) is 151 cm³/mol. The van der Waals surface area contributed by atoms with Gasteiger partial charge in [-0.25, -0.2) is 10.2 Å². The number of hydrazone groups is 1. The molecule has 198 valence electrons. The Morgan fingerprint density at radius 3 is 2.41 bits per heavy atom. The van der Waals surface area contributed by atoms with Crippen molar-refractivity contribution in [2.75, 3.05) is 20.8 Å². The number of halogens is 1. The van der Waals surface area contributed by atoms with E-state index in [1.807, 2.05) is 30.3 Å². The highest BCUT2D eigenvalue weighted by Crippen LogP contribution is 2.29. The van der Waals surface area contributed by atoms with Crippen molar-refractivity contribution in [3.8, 4) is 17.2 Å². The highest BCUT2D eigenvalue weighted by molar-refractivity contribution is 9.10. The van der Waals surface area contributed by atoms with Gasteiger partial charge in [0.05, 0.1) is 32.5 Å². The Morgan fingerprint density at radius 2 is 1.62 bits per heavy atom. The lowest BCUT2D eigenvalue weighted by atomic mass is 10.0. The van der Waals surface area contributed by atoms with Gasteiger partial charge in [-0.15, -0.1) is 0 Å². The van der Waals surface area contributed by atoms with E-state index < -0.39 is 11.9 Å². The second-order valence-electron chi connectivity index (χ2n) is 8.14. The maximum atomic E-state index is 12.8. The Labute approximate surface area is 232 Å². The number of rotatable bonds is 9. The topological polar surface area (TPSA) is 115 Å². The number of benzene rings is 4. The molecule has 0 radical (unpaired) electrons. The molecule has 0 saturated heterocycles. The Balaban J connectivity index is 1.38. The van der Waals surface area contributed by atoms with Gasteiger partial charge in [-0.2, -0.15) is 5.10 Å². The van der Waals surface area contributed by atoms with Gasteiger partial charge in [0.2, 0.25) is 0 Å². The lowest BCUT2D eigenvalue weighted by molar-refractivity contribution is -0.120. The predicted octanol–water partition coefficient (Wildman–Crippen LogP) is 4.72. The second kappa shape index (κ2) is 12.7. The van der Waals surface area contributed by atoms with Gasteiger partial charge in [0.1, 0.15) is 5.75 Å². The highest BCUT2D eigenvalue weighted by atomic mass is 79.9. The molecule has 10 heteroatoms. The minimum absolute atomic E-state index is 0.222. The molecule has 4 aromatic carbocycles. The second-order valence-corrected chi connectivity index (χ2v) is 9.06. The summed E-state index contributed by atoms with van der Waals surface area (Å²) >= 11 is 3.38. The average molecular weight is 590 g/mol. The number of esters is 1. The van der Waals surface area contributed by atoms with Crippen molar-refractivity contribution in [1.29, 1.82) is 0 Å². The van der Waals surface area contributed by atoms with Gasteiger partial charge in [0, 0.05) is 15.6 Å². The van der Waals surface area contributed by atoms with Crippen LogP contribution in [0.4, 0.5) is 0 Å². The number of hydrogen-bond donors (Lipinski definition) is 2. The van der Waals surface area contributed by atoms with E-state index >= 15 is 0 Å². The SMILES string of the molecule is COc1ccc(C(=O)Oc2ccc(Br)cc2C=NNC(=O)CNC(=O)c2cccc3ccccc23)cc1OC. The van der Waals surface area contributed by atoms with Crippen molar-refractivity contribution in [1.82, 2.24) is 10.7 Å². The van der Waals surface area contributed by atoms with Crippen LogP contribution in [0.5, 0.6) is 17.2 Å². The maximum Gasteiger partial charge on any atom is 0.343 e. The molecule has 0 unspecified atom stereocenters. The zero-order valence-corrected chi connectivity index (χ0v) is 22.7. The molecule has 0 spiro atoms. The number of carbonyl (C=O) groups excluding carboxylic acids is 3. The summed E-state index contributed by atoms with van der Waals surface area (Å²) in [6, 6.07) is 22.6. The molecule has 2 N–H and O–H groups in total. The molecule has 0 atom stereocenters. The molecule has 9 nitrogen and oxygen atoms in total. The van der Waals surface area contributed by atoms with Crippen LogP contribution in [0.15, 0.2) is 88.4 Å². The van der Waals surface area contributed by atoms with Crippen LogP contribution in [-0.4, -0.2) is 44.8 Å². The normalized spacial score (nSPS) is 10.7. The van der Waals surface area contributed by atoms with Crippen LogP contribution < -0.4 is 25.0 Å². The molecule has 2 amide bonds. The maximum absolute atomic E-state index is 12.8. The number of fused-ring (bicyclic) bond motifs is 1. The third kappa shape index (κ3) is 6.79. The Morgan fingerprint density at radius 1 is 0.872 bits per heavy atom. The van der Waals surface area contributed by atoms with E-state index in [0.717, 1.165) is 10.8 Å². The van der Waals surface area contributed by atoms with Crippen LogP contribution in [0.2, 0.25) is 0 Å². The number of carbonyl (C=O) groups is 3. The first-order chi connectivity index (χ1) is 18.9. The van der Waals surface area contributed by atoms with Crippen LogP contribution in [0, 0.1) is 0 Å². The fourth-order valence-electron chi connectivity index (χ4n) is 3.73. The van der Waals surface area contributed by atoms with Crippen molar-refractivity contribution in [2.24, 2.45) is 5.10 Å². The Kier molecular flexibility index (Phi) is 8.90. The Hall–Kier alpha value is -4.70. The molecule has 0 saturated carbocycles. The summed E-state index contributed by atoms with van der Waals surface area (Å²) in [5.41, 5.74) is 3.52. The molecule has 0 aliphatic rings. The van der Waals surface area contributed by atoms with Crippen LogP contribution in [-0.2, 0) is 4.79 Å². The standard InChI is InChI=1S/C29H24BrN3O6/c1-37-25-12-10-19(15-26(25)38-2)29(36)39-24-13-11-21(30)14-20(24)16-32-33-27(34)17-31-28(35)23-9-5-7-18-6-3-4-8-22(18)23/h3-16H,17H2,1-2H3,(H,31,35)(H,33,34). The fraction of sp³-hybridized carbons (Fsp3) is 0.103. The van der Waals surface area contributed by atoms with Crippen LogP contribution in [0.1, 0.15) is 26.3 Å².